The summed E-state index contributed by atoms with van der Waals surface area (Å²) in [6.45, 7) is 1.28. The fourth-order valence-electron chi connectivity index (χ4n) is 5.12. The minimum Gasteiger partial charge on any atom is -0.347 e. The number of primary sulfonamides is 1. The molecule has 2 unspecified atom stereocenters. The predicted octanol–water partition coefficient (Wildman–Crippen LogP) is 0.597. The smallest absolute Gasteiger partial charge is 0.214 e. The zero-order valence-corrected chi connectivity index (χ0v) is 11.1. The Balaban J connectivity index is 1.77. The average Bonchev–Trinajstić information content (AvgIpc) is 2.73. The molecule has 5 fully saturated rings. The van der Waals surface area contributed by atoms with Crippen molar-refractivity contribution in [3.05, 3.63) is 0 Å². The van der Waals surface area contributed by atoms with Crippen LogP contribution in [0.3, 0.4) is 0 Å². The van der Waals surface area contributed by atoms with Crippen LogP contribution < -0.4 is 5.14 Å². The van der Waals surface area contributed by atoms with Crippen LogP contribution in [0.5, 0.6) is 0 Å². The van der Waals surface area contributed by atoms with E-state index in [2.05, 4.69) is 0 Å². The van der Waals surface area contributed by atoms with Gasteiger partial charge in [0.2, 0.25) is 10.0 Å². The first kappa shape index (κ1) is 11.6. The zero-order valence-electron chi connectivity index (χ0n) is 10.3. The maximum Gasteiger partial charge on any atom is 0.214 e. The number of ether oxygens (including phenoxy) is 2. The van der Waals surface area contributed by atoms with Crippen molar-refractivity contribution < 1.29 is 17.9 Å². The largest absolute Gasteiger partial charge is 0.347 e. The summed E-state index contributed by atoms with van der Waals surface area (Å²) in [5.41, 5.74) is 0. The van der Waals surface area contributed by atoms with Gasteiger partial charge in [0.25, 0.3) is 0 Å². The molecule has 1 saturated heterocycles. The second kappa shape index (κ2) is 3.29. The van der Waals surface area contributed by atoms with Gasteiger partial charge in [0, 0.05) is 11.8 Å². The standard InChI is InChI=1S/C12H19NO4S/c13-18(14,15)11-5-8-3-9(6-11)12(10(4-8)7-11)16-1-2-17-12/h8-10H,1-7H2,(H2,13,14,15). The molecule has 102 valence electrons. The molecule has 5 nitrogen and oxygen atoms in total. The minimum atomic E-state index is -3.48. The van der Waals surface area contributed by atoms with E-state index in [1.54, 1.807) is 0 Å². The molecule has 1 heterocycles. The lowest BCUT2D eigenvalue weighted by molar-refractivity contribution is -0.284. The number of nitrogens with two attached hydrogens (primary N) is 1. The first-order chi connectivity index (χ1) is 8.45. The summed E-state index contributed by atoms with van der Waals surface area (Å²) in [7, 11) is -3.48. The Morgan fingerprint density at radius 1 is 1.00 bits per heavy atom. The lowest BCUT2D eigenvalue weighted by Gasteiger charge is -2.61. The summed E-state index contributed by atoms with van der Waals surface area (Å²) < 4.78 is 35.1. The third-order valence-electron chi connectivity index (χ3n) is 5.61. The highest BCUT2D eigenvalue weighted by atomic mass is 32.2. The molecule has 0 aromatic heterocycles. The Morgan fingerprint density at radius 2 is 1.56 bits per heavy atom. The van der Waals surface area contributed by atoms with Crippen molar-refractivity contribution in [3.63, 3.8) is 0 Å². The number of hydrogen-bond acceptors (Lipinski definition) is 4. The quantitative estimate of drug-likeness (QED) is 0.758. The van der Waals surface area contributed by atoms with E-state index in [4.69, 9.17) is 14.6 Å². The molecule has 1 aliphatic heterocycles. The zero-order chi connectivity index (χ0) is 12.6. The lowest BCUT2D eigenvalue weighted by Crippen LogP contribution is -2.66. The van der Waals surface area contributed by atoms with Crippen LogP contribution >= 0.6 is 0 Å². The monoisotopic (exact) mass is 273 g/mol. The third kappa shape index (κ3) is 1.25. The number of hydrogen-bond donors (Lipinski definition) is 1. The van der Waals surface area contributed by atoms with Crippen LogP contribution in [0.15, 0.2) is 0 Å². The van der Waals surface area contributed by atoms with Crippen molar-refractivity contribution in [2.24, 2.45) is 22.9 Å². The van der Waals surface area contributed by atoms with E-state index in [1.165, 1.54) is 0 Å². The van der Waals surface area contributed by atoms with E-state index in [0.29, 0.717) is 32.0 Å². The molecule has 18 heavy (non-hydrogen) atoms. The average molecular weight is 273 g/mol. The van der Waals surface area contributed by atoms with Crippen LogP contribution in [-0.2, 0) is 19.5 Å². The Hall–Kier alpha value is -0.170. The Morgan fingerprint density at radius 3 is 2.06 bits per heavy atom. The van der Waals surface area contributed by atoms with E-state index in [9.17, 15) is 8.42 Å². The minimum absolute atomic E-state index is 0.213. The van der Waals surface area contributed by atoms with Crippen molar-refractivity contribution in [1.82, 2.24) is 0 Å². The van der Waals surface area contributed by atoms with Gasteiger partial charge in [-0.1, -0.05) is 0 Å². The fraction of sp³-hybridized carbons (Fsp3) is 1.00. The van der Waals surface area contributed by atoms with Gasteiger partial charge in [-0.3, -0.25) is 0 Å². The van der Waals surface area contributed by atoms with Gasteiger partial charge in [-0.2, -0.15) is 0 Å². The van der Waals surface area contributed by atoms with E-state index in [1.807, 2.05) is 0 Å². The number of rotatable bonds is 1. The highest BCUT2D eigenvalue weighted by Gasteiger charge is 2.67. The topological polar surface area (TPSA) is 78.6 Å². The summed E-state index contributed by atoms with van der Waals surface area (Å²) in [5, 5.41) is 5.51. The molecule has 5 aliphatic rings. The Labute approximate surface area is 107 Å². The fourth-order valence-corrected chi connectivity index (χ4v) is 6.45. The summed E-state index contributed by atoms with van der Waals surface area (Å²) in [5.74, 6) is 0.430. The summed E-state index contributed by atoms with van der Waals surface area (Å²) >= 11 is 0. The summed E-state index contributed by atoms with van der Waals surface area (Å²) in [6.07, 6.45) is 4.06. The van der Waals surface area contributed by atoms with E-state index in [-0.39, 0.29) is 11.8 Å². The van der Waals surface area contributed by atoms with Gasteiger partial charge in [-0.25, -0.2) is 13.6 Å². The van der Waals surface area contributed by atoms with E-state index >= 15 is 0 Å². The molecule has 2 N–H and O–H groups in total. The lowest BCUT2D eigenvalue weighted by atomic mass is 9.53. The molecule has 6 heteroatoms. The van der Waals surface area contributed by atoms with Crippen molar-refractivity contribution in [2.45, 2.75) is 42.6 Å². The molecule has 2 atom stereocenters. The first-order valence-corrected chi connectivity index (χ1v) is 8.30. The summed E-state index contributed by atoms with van der Waals surface area (Å²) in [6, 6.07) is 0. The molecule has 4 saturated carbocycles. The Bertz CT molecular complexity index is 464. The predicted molar refractivity (Wildman–Crippen MR) is 64.0 cm³/mol. The van der Waals surface area contributed by atoms with Gasteiger partial charge < -0.3 is 9.47 Å². The van der Waals surface area contributed by atoms with E-state index in [0.717, 1.165) is 19.3 Å². The first-order valence-electron chi connectivity index (χ1n) is 6.75. The van der Waals surface area contributed by atoms with Crippen molar-refractivity contribution in [3.8, 4) is 0 Å². The van der Waals surface area contributed by atoms with E-state index < -0.39 is 20.6 Å². The van der Waals surface area contributed by atoms with Gasteiger partial charge >= 0.3 is 0 Å². The van der Waals surface area contributed by atoms with Crippen molar-refractivity contribution in [2.75, 3.05) is 13.2 Å². The SMILES string of the molecule is NS(=O)(=O)C12CC3CC(C1)C1(OCCO1)C(C3)C2. The van der Waals surface area contributed by atoms with Gasteiger partial charge in [0.15, 0.2) is 5.79 Å². The molecule has 0 aromatic carbocycles. The molecular weight excluding hydrogens is 254 g/mol. The maximum absolute atomic E-state index is 12.0. The molecule has 0 amide bonds. The molecule has 1 spiro atoms. The Kier molecular flexibility index (Phi) is 2.12. The van der Waals surface area contributed by atoms with Crippen molar-refractivity contribution >= 4 is 10.0 Å². The molecular formula is C12H19NO4S. The second-order valence-electron chi connectivity index (χ2n) is 6.49. The van der Waals surface area contributed by atoms with Crippen LogP contribution in [0, 0.1) is 17.8 Å². The van der Waals surface area contributed by atoms with Crippen LogP contribution in [0.25, 0.3) is 0 Å². The molecule has 4 aliphatic carbocycles. The summed E-state index contributed by atoms with van der Waals surface area (Å²) in [4.78, 5) is 0. The van der Waals surface area contributed by atoms with Crippen LogP contribution in [0.1, 0.15) is 32.1 Å². The van der Waals surface area contributed by atoms with Crippen molar-refractivity contribution in [1.29, 1.82) is 0 Å². The molecule has 5 rings (SSSR count). The van der Waals surface area contributed by atoms with Gasteiger partial charge in [0.05, 0.1) is 18.0 Å². The van der Waals surface area contributed by atoms with Crippen LogP contribution in [-0.4, -0.2) is 32.2 Å². The van der Waals surface area contributed by atoms with Gasteiger partial charge in [0.1, 0.15) is 0 Å². The number of sulfonamides is 1. The maximum atomic E-state index is 12.0. The highest BCUT2D eigenvalue weighted by Crippen LogP contribution is 2.63. The third-order valence-corrected chi connectivity index (χ3v) is 7.32. The molecule has 0 aromatic rings. The molecule has 4 bridgehead atoms. The normalized spacial score (nSPS) is 49.1. The highest BCUT2D eigenvalue weighted by molar-refractivity contribution is 7.90. The second-order valence-corrected chi connectivity index (χ2v) is 8.45. The molecule has 0 radical (unpaired) electrons. The van der Waals surface area contributed by atoms with Gasteiger partial charge in [-0.15, -0.1) is 0 Å². The van der Waals surface area contributed by atoms with Crippen LogP contribution in [0.4, 0.5) is 0 Å². The van der Waals surface area contributed by atoms with Crippen LogP contribution in [0.2, 0.25) is 0 Å². The van der Waals surface area contributed by atoms with Gasteiger partial charge in [-0.05, 0) is 38.0 Å².